The number of carbonyl (C=O) groups excluding carboxylic acids is 1. The number of nitrogens with zero attached hydrogens (tertiary/aromatic N) is 3. The molecule has 0 aliphatic heterocycles. The number of fused-ring (bicyclic) bond motifs is 1. The van der Waals surface area contributed by atoms with Crippen molar-refractivity contribution in [1.29, 1.82) is 0 Å². The fourth-order valence-corrected chi connectivity index (χ4v) is 4.22. The fraction of sp³-hybridized carbons (Fsp3) is 0.538. The molecule has 0 unspecified atom stereocenters. The zero-order chi connectivity index (χ0) is 26.1. The molecule has 2 N–H and O–H groups in total. The molecule has 1 amide bonds. The second-order valence-electron chi connectivity index (χ2n) is 8.78. The van der Waals surface area contributed by atoms with E-state index in [0.717, 1.165) is 37.7 Å². The Labute approximate surface area is 210 Å². The number of H-pyrrole nitrogens is 1. The lowest BCUT2D eigenvalue weighted by molar-refractivity contribution is -0.121. The van der Waals surface area contributed by atoms with Crippen molar-refractivity contribution in [1.82, 2.24) is 24.4 Å². The first-order valence-electron chi connectivity index (χ1n) is 12.6. The molecule has 36 heavy (non-hydrogen) atoms. The maximum absolute atomic E-state index is 12.8. The first-order valence-corrected chi connectivity index (χ1v) is 12.6. The minimum atomic E-state index is -0.448. The molecule has 10 nitrogen and oxygen atoms in total. The van der Waals surface area contributed by atoms with Crippen molar-refractivity contribution in [2.24, 2.45) is 0 Å². The molecule has 10 heteroatoms. The first-order chi connectivity index (χ1) is 17.4. The van der Waals surface area contributed by atoms with E-state index in [-0.39, 0.29) is 12.3 Å². The van der Waals surface area contributed by atoms with Crippen molar-refractivity contribution in [3.63, 3.8) is 0 Å². The van der Waals surface area contributed by atoms with Crippen molar-refractivity contribution in [3.8, 4) is 11.5 Å². The molecule has 0 radical (unpaired) electrons. The van der Waals surface area contributed by atoms with Gasteiger partial charge in [0.1, 0.15) is 17.3 Å². The van der Waals surface area contributed by atoms with Crippen LogP contribution in [0.2, 0.25) is 0 Å². The van der Waals surface area contributed by atoms with Gasteiger partial charge in [0, 0.05) is 38.0 Å². The Morgan fingerprint density at radius 2 is 1.78 bits per heavy atom. The number of aromatic nitrogens is 4. The molecule has 0 saturated heterocycles. The lowest BCUT2D eigenvalue weighted by Crippen LogP contribution is -2.31. The molecule has 3 aromatic rings. The summed E-state index contributed by atoms with van der Waals surface area (Å²) in [6.07, 6.45) is 5.18. The lowest BCUT2D eigenvalue weighted by Gasteiger charge is -2.12. The number of rotatable bonds is 14. The van der Waals surface area contributed by atoms with Crippen LogP contribution in [0.1, 0.15) is 63.8 Å². The number of ether oxygens (including phenoxy) is 2. The van der Waals surface area contributed by atoms with Crippen LogP contribution >= 0.6 is 0 Å². The molecule has 1 aromatic carbocycles. The quantitative estimate of drug-likeness (QED) is 0.329. The number of hydrogen-bond donors (Lipinski definition) is 2. The van der Waals surface area contributed by atoms with Gasteiger partial charge in [-0.3, -0.25) is 19.1 Å². The lowest BCUT2D eigenvalue weighted by atomic mass is 10.2. The molecule has 2 heterocycles. The van der Waals surface area contributed by atoms with E-state index >= 15 is 0 Å². The van der Waals surface area contributed by atoms with Gasteiger partial charge in [0.2, 0.25) is 5.91 Å². The standard InChI is InChI=1S/C26H37N5O5/c1-5-7-9-15-30-21(28-24-23(30)25(33)29-26(34)31(24)14-8-6-2)12-13-22(32)27-17-18-16-19(35-3)10-11-20(18)36-4/h10-11,16H,5-9,12-15,17H2,1-4H3,(H,27,32)(H,29,33,34). The van der Waals surface area contributed by atoms with Crippen molar-refractivity contribution in [2.75, 3.05) is 14.2 Å². The van der Waals surface area contributed by atoms with Gasteiger partial charge in [0.05, 0.1) is 14.2 Å². The molecule has 0 saturated carbocycles. The first kappa shape index (κ1) is 27.0. The number of nitrogens with one attached hydrogen (secondary N) is 2. The van der Waals surface area contributed by atoms with Crippen LogP contribution < -0.4 is 26.0 Å². The van der Waals surface area contributed by atoms with Crippen LogP contribution in [0.25, 0.3) is 11.2 Å². The summed E-state index contributed by atoms with van der Waals surface area (Å²) < 4.78 is 14.1. The second kappa shape index (κ2) is 12.9. The Hall–Kier alpha value is -3.56. The van der Waals surface area contributed by atoms with E-state index in [1.807, 2.05) is 17.6 Å². The zero-order valence-corrected chi connectivity index (χ0v) is 21.7. The van der Waals surface area contributed by atoms with Crippen LogP contribution in [0.4, 0.5) is 0 Å². The number of methoxy groups -OCH3 is 2. The Morgan fingerprint density at radius 3 is 2.47 bits per heavy atom. The summed E-state index contributed by atoms with van der Waals surface area (Å²) in [6, 6.07) is 5.43. The van der Waals surface area contributed by atoms with Crippen LogP contribution in [0.3, 0.4) is 0 Å². The summed E-state index contributed by atoms with van der Waals surface area (Å²) in [6.45, 7) is 5.54. The predicted molar refractivity (Wildman–Crippen MR) is 139 cm³/mol. The van der Waals surface area contributed by atoms with Crippen LogP contribution in [0.15, 0.2) is 27.8 Å². The van der Waals surface area contributed by atoms with E-state index in [9.17, 15) is 14.4 Å². The molecule has 0 bridgehead atoms. The maximum Gasteiger partial charge on any atom is 0.330 e. The van der Waals surface area contributed by atoms with Crippen LogP contribution in [-0.2, 0) is 30.8 Å². The normalized spacial score (nSPS) is 11.1. The van der Waals surface area contributed by atoms with Gasteiger partial charge in [-0.1, -0.05) is 33.1 Å². The van der Waals surface area contributed by atoms with Gasteiger partial charge in [-0.25, -0.2) is 9.78 Å². The summed E-state index contributed by atoms with van der Waals surface area (Å²) in [5.74, 6) is 1.83. The van der Waals surface area contributed by atoms with Gasteiger partial charge >= 0.3 is 5.69 Å². The molecule has 3 rings (SSSR count). The molecule has 196 valence electrons. The Kier molecular flexibility index (Phi) is 9.72. The van der Waals surface area contributed by atoms with Gasteiger partial charge < -0.3 is 19.4 Å². The minimum Gasteiger partial charge on any atom is -0.497 e. The van der Waals surface area contributed by atoms with E-state index in [1.165, 1.54) is 4.57 Å². The van der Waals surface area contributed by atoms with Crippen molar-refractivity contribution in [2.45, 2.75) is 78.4 Å². The van der Waals surface area contributed by atoms with E-state index in [1.54, 1.807) is 26.4 Å². The number of benzene rings is 1. The van der Waals surface area contributed by atoms with Crippen molar-refractivity contribution in [3.05, 3.63) is 50.4 Å². The minimum absolute atomic E-state index is 0.149. The second-order valence-corrected chi connectivity index (χ2v) is 8.78. The number of hydrogen-bond acceptors (Lipinski definition) is 6. The monoisotopic (exact) mass is 499 g/mol. The summed E-state index contributed by atoms with van der Waals surface area (Å²) >= 11 is 0. The number of imidazole rings is 1. The maximum atomic E-state index is 12.8. The van der Waals surface area contributed by atoms with Crippen LogP contribution in [0, 0.1) is 0 Å². The molecule has 0 atom stereocenters. The summed E-state index contributed by atoms with van der Waals surface area (Å²) in [7, 11) is 3.17. The van der Waals surface area contributed by atoms with Gasteiger partial charge in [-0.2, -0.15) is 0 Å². The van der Waals surface area contributed by atoms with Crippen molar-refractivity contribution < 1.29 is 14.3 Å². The Bertz CT molecular complexity index is 1290. The molecular formula is C26H37N5O5. The summed E-state index contributed by atoms with van der Waals surface area (Å²) in [5.41, 5.74) is 0.718. The zero-order valence-electron chi connectivity index (χ0n) is 21.7. The van der Waals surface area contributed by atoms with E-state index in [2.05, 4.69) is 17.2 Å². The largest absolute Gasteiger partial charge is 0.497 e. The van der Waals surface area contributed by atoms with E-state index in [4.69, 9.17) is 14.5 Å². The highest BCUT2D eigenvalue weighted by Gasteiger charge is 2.19. The summed E-state index contributed by atoms with van der Waals surface area (Å²) in [5, 5.41) is 2.93. The van der Waals surface area contributed by atoms with Gasteiger partial charge in [-0.05, 0) is 31.0 Å². The van der Waals surface area contributed by atoms with Crippen LogP contribution in [-0.4, -0.2) is 39.2 Å². The molecule has 2 aromatic heterocycles. The van der Waals surface area contributed by atoms with Gasteiger partial charge in [0.25, 0.3) is 5.56 Å². The molecule has 0 aliphatic rings. The third-order valence-corrected chi connectivity index (χ3v) is 6.22. The summed E-state index contributed by atoms with van der Waals surface area (Å²) in [4.78, 5) is 45.1. The smallest absolute Gasteiger partial charge is 0.330 e. The number of amides is 1. The number of carbonyl (C=O) groups is 1. The van der Waals surface area contributed by atoms with Crippen molar-refractivity contribution >= 4 is 17.1 Å². The van der Waals surface area contributed by atoms with E-state index < -0.39 is 11.2 Å². The molecule has 0 aliphatic carbocycles. The highest BCUT2D eigenvalue weighted by atomic mass is 16.5. The third kappa shape index (κ3) is 6.35. The highest BCUT2D eigenvalue weighted by Crippen LogP contribution is 2.24. The average molecular weight is 500 g/mol. The molecular weight excluding hydrogens is 462 g/mol. The number of aryl methyl sites for hydroxylation is 3. The molecule has 0 fully saturated rings. The Morgan fingerprint density at radius 1 is 1.03 bits per heavy atom. The SMILES string of the molecule is CCCCCn1c(CCC(=O)NCc2cc(OC)ccc2OC)nc2c1c(=O)[nH]c(=O)n2CCCC. The highest BCUT2D eigenvalue weighted by molar-refractivity contribution is 5.76. The van der Waals surface area contributed by atoms with Crippen LogP contribution in [0.5, 0.6) is 11.5 Å². The van der Waals surface area contributed by atoms with Gasteiger partial charge in [-0.15, -0.1) is 0 Å². The fourth-order valence-electron chi connectivity index (χ4n) is 4.22. The number of unbranched alkanes of at least 4 members (excludes halogenated alkanes) is 3. The predicted octanol–water partition coefficient (Wildman–Crippen LogP) is 3.14. The Balaban J connectivity index is 1.82. The molecule has 0 spiro atoms. The average Bonchev–Trinajstić information content (AvgIpc) is 3.24. The van der Waals surface area contributed by atoms with Gasteiger partial charge in [0.15, 0.2) is 11.2 Å². The van der Waals surface area contributed by atoms with E-state index in [0.29, 0.717) is 54.5 Å². The third-order valence-electron chi connectivity index (χ3n) is 6.22. The number of aromatic amines is 1. The topological polar surface area (TPSA) is 120 Å².